The minimum Gasteiger partial charge on any atom is -0.361 e. The van der Waals surface area contributed by atoms with Gasteiger partial charge in [-0.1, -0.05) is 48.5 Å². The molecule has 0 unspecified atom stereocenters. The first-order valence-corrected chi connectivity index (χ1v) is 12.1. The van der Waals surface area contributed by atoms with Crippen molar-refractivity contribution >= 4 is 32.9 Å². The summed E-state index contributed by atoms with van der Waals surface area (Å²) in [6, 6.07) is 17.5. The third-order valence-corrected chi connectivity index (χ3v) is 6.89. The molecule has 1 amide bonds. The molecule has 2 aromatic carbocycles. The number of piperidine rings is 1. The van der Waals surface area contributed by atoms with Crippen LogP contribution in [-0.4, -0.2) is 43.8 Å². The van der Waals surface area contributed by atoms with E-state index in [4.69, 9.17) is 0 Å². The summed E-state index contributed by atoms with van der Waals surface area (Å²) in [6.07, 6.45) is 5.62. The molecule has 1 aliphatic rings. The van der Waals surface area contributed by atoms with Crippen molar-refractivity contribution < 1.29 is 13.2 Å². The van der Waals surface area contributed by atoms with Crippen LogP contribution in [0.5, 0.6) is 0 Å². The number of nitrogens with one attached hydrogen (secondary N) is 2. The van der Waals surface area contributed by atoms with Crippen molar-refractivity contribution in [2.45, 2.75) is 25.2 Å². The van der Waals surface area contributed by atoms with Gasteiger partial charge in [0.1, 0.15) is 0 Å². The zero-order chi connectivity index (χ0) is 21.7. The maximum Gasteiger partial charge on any atom is 0.233 e. The number of carbonyl (C=O) groups excluding carboxylic acids is 1. The van der Waals surface area contributed by atoms with E-state index in [0.29, 0.717) is 19.0 Å². The fourth-order valence-electron chi connectivity index (χ4n) is 4.11. The van der Waals surface area contributed by atoms with Crippen molar-refractivity contribution in [2.75, 3.05) is 19.6 Å². The lowest BCUT2D eigenvalue weighted by atomic mass is 9.89. The van der Waals surface area contributed by atoms with Gasteiger partial charge in [-0.15, -0.1) is 0 Å². The number of benzene rings is 2. The Morgan fingerprint density at radius 3 is 2.55 bits per heavy atom. The van der Waals surface area contributed by atoms with E-state index >= 15 is 0 Å². The number of fused-ring (bicyclic) bond motifs is 1. The van der Waals surface area contributed by atoms with Crippen molar-refractivity contribution in [3.05, 3.63) is 77.3 Å². The number of likely N-dealkylation sites (tertiary alicyclic amines) is 1. The molecule has 7 heteroatoms. The average molecular weight is 438 g/mol. The molecule has 6 nitrogen and oxygen atoms in total. The van der Waals surface area contributed by atoms with Crippen LogP contribution in [0.25, 0.3) is 17.0 Å². The Labute approximate surface area is 183 Å². The zero-order valence-corrected chi connectivity index (χ0v) is 18.1. The molecule has 0 spiro atoms. The Bertz CT molecular complexity index is 1160. The fraction of sp³-hybridized carbons (Fsp3) is 0.292. The van der Waals surface area contributed by atoms with Gasteiger partial charge in [-0.3, -0.25) is 4.79 Å². The average Bonchev–Trinajstić information content (AvgIpc) is 3.23. The van der Waals surface area contributed by atoms with Gasteiger partial charge >= 0.3 is 0 Å². The van der Waals surface area contributed by atoms with Gasteiger partial charge in [0, 0.05) is 48.6 Å². The quantitative estimate of drug-likeness (QED) is 0.589. The number of hydrogen-bond acceptors (Lipinski definition) is 3. The molecule has 31 heavy (non-hydrogen) atoms. The van der Waals surface area contributed by atoms with E-state index in [2.05, 4.69) is 34.1 Å². The minimum atomic E-state index is -3.57. The van der Waals surface area contributed by atoms with E-state index in [0.717, 1.165) is 29.3 Å². The predicted molar refractivity (Wildman–Crippen MR) is 124 cm³/mol. The van der Waals surface area contributed by atoms with Crippen LogP contribution in [0, 0.1) is 0 Å². The lowest BCUT2D eigenvalue weighted by Crippen LogP contribution is -2.39. The van der Waals surface area contributed by atoms with Crippen LogP contribution in [0.1, 0.15) is 36.3 Å². The Hall–Kier alpha value is -2.90. The summed E-state index contributed by atoms with van der Waals surface area (Å²) in [4.78, 5) is 17.7. The first-order valence-electron chi connectivity index (χ1n) is 10.6. The lowest BCUT2D eigenvalue weighted by Gasteiger charge is -2.32. The normalized spacial score (nSPS) is 15.7. The summed E-state index contributed by atoms with van der Waals surface area (Å²) in [5, 5.41) is 2.39. The highest BCUT2D eigenvalue weighted by Crippen LogP contribution is 2.33. The highest BCUT2D eigenvalue weighted by molar-refractivity contribution is 7.92. The SMILES string of the molecule is O=C(CCNS(=O)(=O)/C=C/c1ccccc1)N1CCC(c2c[nH]c3ccccc23)CC1. The number of amides is 1. The maximum absolute atomic E-state index is 12.5. The number of sulfonamides is 1. The third kappa shape index (κ3) is 5.42. The topological polar surface area (TPSA) is 82.3 Å². The molecule has 2 N–H and O–H groups in total. The summed E-state index contributed by atoms with van der Waals surface area (Å²) in [5.74, 6) is 0.425. The summed E-state index contributed by atoms with van der Waals surface area (Å²) in [6.45, 7) is 1.50. The van der Waals surface area contributed by atoms with Crippen molar-refractivity contribution in [2.24, 2.45) is 0 Å². The number of nitrogens with zero attached hydrogens (tertiary/aromatic N) is 1. The Kier molecular flexibility index (Phi) is 6.53. The van der Waals surface area contributed by atoms with E-state index in [-0.39, 0.29) is 18.9 Å². The molecule has 0 saturated carbocycles. The monoisotopic (exact) mass is 437 g/mol. The van der Waals surface area contributed by atoms with Gasteiger partial charge in [0.05, 0.1) is 0 Å². The number of para-hydroxylation sites is 1. The number of rotatable bonds is 7. The Morgan fingerprint density at radius 2 is 1.77 bits per heavy atom. The molecule has 0 radical (unpaired) electrons. The number of aromatic nitrogens is 1. The summed E-state index contributed by atoms with van der Waals surface area (Å²) < 4.78 is 26.7. The number of H-pyrrole nitrogens is 1. The van der Waals surface area contributed by atoms with Gasteiger partial charge in [-0.25, -0.2) is 13.1 Å². The molecule has 0 atom stereocenters. The molecule has 162 valence electrons. The number of carbonyl (C=O) groups is 1. The standard InChI is InChI=1S/C24H27N3O3S/c28-24(10-14-26-31(29,30)17-13-19-6-2-1-3-7-19)27-15-11-20(12-16-27)22-18-25-23-9-5-4-8-21(22)23/h1-9,13,17-18,20,25-26H,10-12,14-16H2/b17-13+. The van der Waals surface area contributed by atoms with E-state index in [1.165, 1.54) is 10.9 Å². The fourth-order valence-corrected chi connectivity index (χ4v) is 4.93. The molecule has 1 saturated heterocycles. The lowest BCUT2D eigenvalue weighted by molar-refractivity contribution is -0.132. The highest BCUT2D eigenvalue weighted by atomic mass is 32.2. The second kappa shape index (κ2) is 9.49. The first kappa shape index (κ1) is 21.3. The second-order valence-corrected chi connectivity index (χ2v) is 9.50. The largest absolute Gasteiger partial charge is 0.361 e. The first-order chi connectivity index (χ1) is 15.0. The van der Waals surface area contributed by atoms with Gasteiger partial charge in [0.15, 0.2) is 0 Å². The maximum atomic E-state index is 12.5. The summed E-state index contributed by atoms with van der Waals surface area (Å²) in [7, 11) is -3.57. The summed E-state index contributed by atoms with van der Waals surface area (Å²) >= 11 is 0. The van der Waals surface area contributed by atoms with E-state index in [1.807, 2.05) is 41.3 Å². The zero-order valence-electron chi connectivity index (χ0n) is 17.3. The van der Waals surface area contributed by atoms with Crippen molar-refractivity contribution in [1.29, 1.82) is 0 Å². The van der Waals surface area contributed by atoms with Gasteiger partial charge < -0.3 is 9.88 Å². The number of hydrogen-bond donors (Lipinski definition) is 2. The Balaban J connectivity index is 1.24. The van der Waals surface area contributed by atoms with Crippen LogP contribution in [0.3, 0.4) is 0 Å². The van der Waals surface area contributed by atoms with Gasteiger partial charge in [0.2, 0.25) is 15.9 Å². The summed E-state index contributed by atoms with van der Waals surface area (Å²) in [5.41, 5.74) is 3.27. The van der Waals surface area contributed by atoms with Crippen LogP contribution in [0.4, 0.5) is 0 Å². The van der Waals surface area contributed by atoms with Crippen LogP contribution in [-0.2, 0) is 14.8 Å². The molecular formula is C24H27N3O3S. The highest BCUT2D eigenvalue weighted by Gasteiger charge is 2.25. The molecule has 3 aromatic rings. The van der Waals surface area contributed by atoms with Crippen LogP contribution >= 0.6 is 0 Å². The van der Waals surface area contributed by atoms with Gasteiger partial charge in [-0.2, -0.15) is 0 Å². The molecular weight excluding hydrogens is 410 g/mol. The molecule has 2 heterocycles. The molecule has 4 rings (SSSR count). The smallest absolute Gasteiger partial charge is 0.233 e. The third-order valence-electron chi connectivity index (χ3n) is 5.79. The molecule has 1 aromatic heterocycles. The Morgan fingerprint density at radius 1 is 1.06 bits per heavy atom. The molecule has 1 aliphatic heterocycles. The number of aromatic amines is 1. The van der Waals surface area contributed by atoms with Crippen LogP contribution in [0.2, 0.25) is 0 Å². The molecule has 1 fully saturated rings. The molecule has 0 bridgehead atoms. The van der Waals surface area contributed by atoms with E-state index in [9.17, 15) is 13.2 Å². The predicted octanol–water partition coefficient (Wildman–Crippen LogP) is 3.85. The molecule has 0 aliphatic carbocycles. The van der Waals surface area contributed by atoms with Crippen LogP contribution in [0.15, 0.2) is 66.2 Å². The van der Waals surface area contributed by atoms with E-state index < -0.39 is 10.0 Å². The second-order valence-electron chi connectivity index (χ2n) is 7.85. The minimum absolute atomic E-state index is 0.00730. The van der Waals surface area contributed by atoms with Gasteiger partial charge in [-0.05, 0) is 42.0 Å². The van der Waals surface area contributed by atoms with Crippen molar-refractivity contribution in [1.82, 2.24) is 14.6 Å². The van der Waals surface area contributed by atoms with E-state index in [1.54, 1.807) is 6.08 Å². The van der Waals surface area contributed by atoms with Crippen LogP contribution < -0.4 is 4.72 Å². The van der Waals surface area contributed by atoms with Crippen molar-refractivity contribution in [3.63, 3.8) is 0 Å². The van der Waals surface area contributed by atoms with Crippen molar-refractivity contribution in [3.8, 4) is 0 Å². The van der Waals surface area contributed by atoms with Gasteiger partial charge in [0.25, 0.3) is 0 Å².